The van der Waals surface area contributed by atoms with Crippen molar-refractivity contribution in [3.63, 3.8) is 0 Å². The molecule has 0 atom stereocenters. The Hall–Kier alpha value is -1.96. The van der Waals surface area contributed by atoms with Gasteiger partial charge in [-0.25, -0.2) is 8.78 Å². The first-order chi connectivity index (χ1) is 12.5. The molecule has 4 rings (SSSR count). The number of aromatic nitrogens is 3. The van der Waals surface area contributed by atoms with Gasteiger partial charge in [0, 0.05) is 32.1 Å². The van der Waals surface area contributed by atoms with Gasteiger partial charge in [0.1, 0.15) is 11.6 Å². The number of fused-ring (bicyclic) bond motifs is 1. The van der Waals surface area contributed by atoms with Crippen LogP contribution in [0.1, 0.15) is 5.56 Å². The molecule has 0 N–H and O–H groups in total. The van der Waals surface area contributed by atoms with Gasteiger partial charge in [-0.1, -0.05) is 27.7 Å². The summed E-state index contributed by atoms with van der Waals surface area (Å²) in [6.45, 7) is 2.01. The Labute approximate surface area is 173 Å². The molecule has 4 aromatic rings. The maximum absolute atomic E-state index is 13.9. The zero-order valence-corrected chi connectivity index (χ0v) is 17.2. The summed E-state index contributed by atoms with van der Waals surface area (Å²) < 4.78 is 29.9. The van der Waals surface area contributed by atoms with E-state index in [0.29, 0.717) is 16.4 Å². The fraction of sp³-hybridized carbons (Fsp3) is 0.0526. The quantitative estimate of drug-likeness (QED) is 0.352. The van der Waals surface area contributed by atoms with Crippen LogP contribution in [0.4, 0.5) is 8.78 Å². The van der Waals surface area contributed by atoms with Crippen LogP contribution in [0.15, 0.2) is 69.0 Å². The summed E-state index contributed by atoms with van der Waals surface area (Å²) in [5.74, 6) is -0.455. The molecule has 0 radical (unpaired) electrons. The van der Waals surface area contributed by atoms with E-state index in [1.807, 2.05) is 47.9 Å². The van der Waals surface area contributed by atoms with Crippen molar-refractivity contribution in [3.05, 3.63) is 76.4 Å². The molecule has 27 heavy (non-hydrogen) atoms. The van der Waals surface area contributed by atoms with Crippen molar-refractivity contribution in [2.75, 3.05) is 0 Å². The molecule has 0 amide bonds. The molecule has 138 valence electrons. The molecule has 0 aliphatic carbocycles. The van der Waals surface area contributed by atoms with Crippen LogP contribution in [-0.4, -0.2) is 14.6 Å². The van der Waals surface area contributed by atoms with Gasteiger partial charge in [-0.15, -0.1) is 22.6 Å². The highest BCUT2D eigenvalue weighted by Crippen LogP contribution is 2.32. The molecule has 0 aliphatic rings. The number of nitrogens with zero attached hydrogens (tertiary/aromatic N) is 3. The number of benzene rings is 2. The number of halogens is 4. The largest absolute Gasteiger partial charge is 0.281 e. The number of hydrogen-bond donors (Lipinski definition) is 0. The number of hydrogen-bond acceptors (Lipinski definition) is 3. The molecular formula is C19H13BrClF2N3S. The molecule has 0 unspecified atom stereocenters. The van der Waals surface area contributed by atoms with E-state index in [9.17, 15) is 8.78 Å². The predicted octanol–water partition coefficient (Wildman–Crippen LogP) is 6.32. The second-order valence-corrected chi connectivity index (χ2v) is 7.78. The zero-order valence-electron chi connectivity index (χ0n) is 14.0. The molecule has 0 aliphatic heterocycles. The van der Waals surface area contributed by atoms with E-state index in [1.54, 1.807) is 0 Å². The van der Waals surface area contributed by atoms with Gasteiger partial charge in [0.05, 0.1) is 0 Å². The summed E-state index contributed by atoms with van der Waals surface area (Å²) in [5, 5.41) is 8.50. The zero-order chi connectivity index (χ0) is 18.3. The Morgan fingerprint density at radius 1 is 1.00 bits per heavy atom. The molecule has 2 aromatic heterocycles. The highest BCUT2D eigenvalue weighted by Gasteiger charge is 2.12. The summed E-state index contributed by atoms with van der Waals surface area (Å²) in [6.07, 6.45) is 1.86. The minimum atomic E-state index is -0.589. The smallest absolute Gasteiger partial charge is 0.168 e. The summed E-state index contributed by atoms with van der Waals surface area (Å²) in [6, 6.07) is 13.2. The minimum absolute atomic E-state index is 0. The fourth-order valence-electron chi connectivity index (χ4n) is 2.68. The van der Waals surface area contributed by atoms with Crippen LogP contribution < -0.4 is 0 Å². The third kappa shape index (κ3) is 4.00. The third-order valence-corrected chi connectivity index (χ3v) is 5.45. The topological polar surface area (TPSA) is 30.2 Å². The highest BCUT2D eigenvalue weighted by atomic mass is 79.9. The Morgan fingerprint density at radius 2 is 1.81 bits per heavy atom. The summed E-state index contributed by atoms with van der Waals surface area (Å²) >= 11 is 4.69. The van der Waals surface area contributed by atoms with Crippen molar-refractivity contribution in [2.24, 2.45) is 0 Å². The van der Waals surface area contributed by atoms with Crippen molar-refractivity contribution in [3.8, 4) is 11.4 Å². The normalized spacial score (nSPS) is 10.8. The number of aryl methyl sites for hydroxylation is 1. The maximum atomic E-state index is 13.9. The molecule has 2 aromatic carbocycles. The van der Waals surface area contributed by atoms with Crippen LogP contribution >= 0.6 is 40.1 Å². The molecule has 0 bridgehead atoms. The van der Waals surface area contributed by atoms with Crippen molar-refractivity contribution in [1.82, 2.24) is 14.6 Å². The Morgan fingerprint density at radius 3 is 2.56 bits per heavy atom. The van der Waals surface area contributed by atoms with Crippen LogP contribution in [-0.2, 0) is 0 Å². The lowest BCUT2D eigenvalue weighted by atomic mass is 10.1. The summed E-state index contributed by atoms with van der Waals surface area (Å²) in [4.78, 5) is 1.17. The first-order valence-electron chi connectivity index (χ1n) is 7.75. The van der Waals surface area contributed by atoms with Crippen LogP contribution in [0.3, 0.4) is 0 Å². The summed E-state index contributed by atoms with van der Waals surface area (Å²) in [5.41, 5.74) is 2.73. The van der Waals surface area contributed by atoms with E-state index in [2.05, 4.69) is 26.1 Å². The van der Waals surface area contributed by atoms with Crippen LogP contribution in [0.25, 0.3) is 17.0 Å². The van der Waals surface area contributed by atoms with E-state index in [1.165, 1.54) is 23.9 Å². The SMILES string of the molecule is Cc1cc(Br)ccc1-c1nnc2ccc(Sc3ccc(F)cc3F)cn12.Cl. The molecule has 3 nitrogen and oxygen atoms in total. The number of pyridine rings is 1. The van der Waals surface area contributed by atoms with Crippen molar-refractivity contribution < 1.29 is 8.78 Å². The lowest BCUT2D eigenvalue weighted by Gasteiger charge is -2.07. The first kappa shape index (κ1) is 19.8. The van der Waals surface area contributed by atoms with Crippen molar-refractivity contribution in [1.29, 1.82) is 0 Å². The van der Waals surface area contributed by atoms with Crippen LogP contribution in [0.5, 0.6) is 0 Å². The van der Waals surface area contributed by atoms with Gasteiger partial charge in [0.25, 0.3) is 0 Å². The van der Waals surface area contributed by atoms with Gasteiger partial charge in [-0.05, 0) is 55.0 Å². The molecular weight excluding hydrogens is 456 g/mol. The molecule has 8 heteroatoms. The number of rotatable bonds is 3. The highest BCUT2D eigenvalue weighted by molar-refractivity contribution is 9.10. The standard InChI is InChI=1S/C19H12BrF2N3S.ClH/c1-11-8-12(20)2-5-15(11)19-24-23-18-7-4-14(10-25(18)19)26-17-6-3-13(21)9-16(17)22;/h2-10H,1H3;1H. The monoisotopic (exact) mass is 467 g/mol. The second kappa shape index (κ2) is 7.96. The van der Waals surface area contributed by atoms with Crippen molar-refractivity contribution in [2.45, 2.75) is 16.7 Å². The summed E-state index contributed by atoms with van der Waals surface area (Å²) in [7, 11) is 0. The van der Waals surface area contributed by atoms with Crippen molar-refractivity contribution >= 4 is 45.7 Å². The van der Waals surface area contributed by atoms with Crippen LogP contribution in [0, 0.1) is 18.6 Å². The Balaban J connectivity index is 0.00000210. The van der Waals surface area contributed by atoms with Gasteiger partial charge in [0.15, 0.2) is 11.5 Å². The Kier molecular flexibility index (Phi) is 5.83. The van der Waals surface area contributed by atoms with Crippen LogP contribution in [0.2, 0.25) is 0 Å². The lowest BCUT2D eigenvalue weighted by molar-refractivity contribution is 0.565. The van der Waals surface area contributed by atoms with Gasteiger partial charge in [0.2, 0.25) is 0 Å². The van der Waals surface area contributed by atoms with E-state index in [-0.39, 0.29) is 12.4 Å². The van der Waals surface area contributed by atoms with Gasteiger partial charge in [-0.3, -0.25) is 4.40 Å². The minimum Gasteiger partial charge on any atom is -0.281 e. The Bertz CT molecular complexity index is 1130. The van der Waals surface area contributed by atoms with E-state index < -0.39 is 11.6 Å². The molecule has 2 heterocycles. The average Bonchev–Trinajstić information content (AvgIpc) is 3.00. The van der Waals surface area contributed by atoms with E-state index >= 15 is 0 Å². The van der Waals surface area contributed by atoms with Gasteiger partial charge >= 0.3 is 0 Å². The maximum Gasteiger partial charge on any atom is 0.168 e. The molecule has 0 fully saturated rings. The lowest BCUT2D eigenvalue weighted by Crippen LogP contribution is -1.93. The first-order valence-corrected chi connectivity index (χ1v) is 9.36. The predicted molar refractivity (Wildman–Crippen MR) is 109 cm³/mol. The molecule has 0 spiro atoms. The molecule has 0 saturated heterocycles. The van der Waals surface area contributed by atoms with E-state index in [4.69, 9.17) is 0 Å². The average molecular weight is 469 g/mol. The third-order valence-electron chi connectivity index (χ3n) is 3.93. The van der Waals surface area contributed by atoms with Gasteiger partial charge in [-0.2, -0.15) is 0 Å². The second-order valence-electron chi connectivity index (χ2n) is 5.75. The van der Waals surface area contributed by atoms with E-state index in [0.717, 1.165) is 26.6 Å². The molecule has 0 saturated carbocycles. The van der Waals surface area contributed by atoms with Gasteiger partial charge < -0.3 is 0 Å². The fourth-order valence-corrected chi connectivity index (χ4v) is 3.99.